The third-order valence-electron chi connectivity index (χ3n) is 5.13. The van der Waals surface area contributed by atoms with Crippen molar-refractivity contribution < 1.29 is 19.1 Å². The summed E-state index contributed by atoms with van der Waals surface area (Å²) in [7, 11) is 3.19. The Hall–Kier alpha value is -3.28. The van der Waals surface area contributed by atoms with Crippen LogP contribution < -0.4 is 14.8 Å². The van der Waals surface area contributed by atoms with E-state index in [0.717, 1.165) is 16.7 Å². The highest BCUT2D eigenvalue weighted by molar-refractivity contribution is 5.82. The van der Waals surface area contributed by atoms with E-state index in [4.69, 9.17) is 9.47 Å². The average molecular weight is 394 g/mol. The van der Waals surface area contributed by atoms with E-state index < -0.39 is 0 Å². The molecule has 0 saturated carbocycles. The van der Waals surface area contributed by atoms with Gasteiger partial charge in [0.15, 0.2) is 0 Å². The van der Waals surface area contributed by atoms with Crippen molar-refractivity contribution in [1.82, 2.24) is 10.2 Å². The monoisotopic (exact) mass is 394 g/mol. The summed E-state index contributed by atoms with van der Waals surface area (Å²) in [5.41, 5.74) is 2.81. The normalized spacial score (nSPS) is 16.0. The highest BCUT2D eigenvalue weighted by Gasteiger charge is 2.28. The van der Waals surface area contributed by atoms with E-state index in [1.165, 1.54) is 6.92 Å². The molecule has 152 valence electrons. The molecule has 0 aromatic heterocycles. The van der Waals surface area contributed by atoms with Crippen LogP contribution in [0.25, 0.3) is 6.08 Å². The lowest BCUT2D eigenvalue weighted by Crippen LogP contribution is -2.36. The summed E-state index contributed by atoms with van der Waals surface area (Å²) in [6.45, 7) is 3.40. The number of methoxy groups -OCH3 is 2. The van der Waals surface area contributed by atoms with E-state index in [0.29, 0.717) is 11.5 Å². The topological polar surface area (TPSA) is 67.9 Å². The summed E-state index contributed by atoms with van der Waals surface area (Å²) < 4.78 is 10.7. The first-order valence-corrected chi connectivity index (χ1v) is 9.52. The molecule has 1 N–H and O–H groups in total. The van der Waals surface area contributed by atoms with Gasteiger partial charge in [0.1, 0.15) is 11.5 Å². The Morgan fingerprint density at radius 3 is 2.59 bits per heavy atom. The molecule has 2 atom stereocenters. The van der Waals surface area contributed by atoms with E-state index in [-0.39, 0.29) is 30.3 Å². The zero-order chi connectivity index (χ0) is 21.0. The molecule has 0 aliphatic carbocycles. The number of hydrogen-bond acceptors (Lipinski definition) is 4. The van der Waals surface area contributed by atoms with Gasteiger partial charge in [0.25, 0.3) is 0 Å². The largest absolute Gasteiger partial charge is 0.497 e. The summed E-state index contributed by atoms with van der Waals surface area (Å²) in [5.74, 6) is 1.12. The van der Waals surface area contributed by atoms with Gasteiger partial charge >= 0.3 is 0 Å². The van der Waals surface area contributed by atoms with Gasteiger partial charge in [0, 0.05) is 18.7 Å². The molecule has 1 heterocycles. The average Bonchev–Trinajstić information content (AvgIpc) is 2.73. The van der Waals surface area contributed by atoms with Gasteiger partial charge in [-0.3, -0.25) is 9.59 Å². The molecule has 2 aromatic rings. The van der Waals surface area contributed by atoms with Crippen molar-refractivity contribution in [3.05, 3.63) is 65.4 Å². The maximum Gasteiger partial charge on any atom is 0.223 e. The second-order valence-corrected chi connectivity index (χ2v) is 6.99. The molecule has 0 radical (unpaired) electrons. The molecule has 1 aliphatic heterocycles. The predicted octanol–water partition coefficient (Wildman–Crippen LogP) is 3.85. The van der Waals surface area contributed by atoms with Gasteiger partial charge in [-0.1, -0.05) is 24.3 Å². The third kappa shape index (κ3) is 4.42. The van der Waals surface area contributed by atoms with Gasteiger partial charge in [-0.25, -0.2) is 0 Å². The van der Waals surface area contributed by atoms with Gasteiger partial charge < -0.3 is 19.7 Å². The number of rotatable bonds is 6. The molecule has 1 aliphatic rings. The Kier molecular flexibility index (Phi) is 6.22. The van der Waals surface area contributed by atoms with Crippen LogP contribution in [0.15, 0.2) is 48.7 Å². The lowest BCUT2D eigenvalue weighted by atomic mass is 9.93. The molecule has 2 aromatic carbocycles. The number of nitrogens with zero attached hydrogens (tertiary/aromatic N) is 1. The molecular formula is C23H26N2O4. The van der Waals surface area contributed by atoms with Gasteiger partial charge in [-0.05, 0) is 42.3 Å². The maximum absolute atomic E-state index is 12.9. The number of fused-ring (bicyclic) bond motifs is 1. The highest BCUT2D eigenvalue weighted by Crippen LogP contribution is 2.34. The zero-order valence-corrected chi connectivity index (χ0v) is 17.1. The van der Waals surface area contributed by atoms with Crippen LogP contribution in [0.5, 0.6) is 11.5 Å². The predicted molar refractivity (Wildman–Crippen MR) is 111 cm³/mol. The Balaban J connectivity index is 1.79. The lowest BCUT2D eigenvalue weighted by molar-refractivity contribution is -0.130. The molecule has 3 rings (SSSR count). The first kappa shape index (κ1) is 20.5. The number of benzene rings is 2. The number of carbonyl (C=O) groups is 2. The lowest BCUT2D eigenvalue weighted by Gasteiger charge is -2.32. The number of nitrogens with one attached hydrogen (secondary N) is 1. The molecule has 29 heavy (non-hydrogen) atoms. The molecule has 2 unspecified atom stereocenters. The van der Waals surface area contributed by atoms with Crippen LogP contribution in [0.2, 0.25) is 0 Å². The minimum atomic E-state index is -0.340. The SMILES string of the molecule is COc1ccc(OC)c(C(C)NC(=O)CC2c3ccccc3C=CN2C(C)=O)c1. The molecule has 6 heteroatoms. The minimum absolute atomic E-state index is 0.101. The van der Waals surface area contributed by atoms with Gasteiger partial charge in [0.05, 0.1) is 32.7 Å². The van der Waals surface area contributed by atoms with E-state index in [2.05, 4.69) is 5.32 Å². The van der Waals surface area contributed by atoms with Crippen LogP contribution in [-0.4, -0.2) is 30.9 Å². The standard InChI is InChI=1S/C23H26N2O4/c1-15(20-13-18(28-3)9-10-22(20)29-4)24-23(27)14-21-19-8-6-5-7-17(19)11-12-25(21)16(2)26/h5-13,15,21H,14H2,1-4H3,(H,24,27). The van der Waals surface area contributed by atoms with Crippen molar-refractivity contribution in [2.45, 2.75) is 32.4 Å². The Morgan fingerprint density at radius 2 is 1.90 bits per heavy atom. The van der Waals surface area contributed by atoms with Crippen LogP contribution in [0.1, 0.15) is 49.0 Å². The Bertz CT molecular complexity index is 938. The van der Waals surface area contributed by atoms with Crippen LogP contribution >= 0.6 is 0 Å². The summed E-state index contributed by atoms with van der Waals surface area (Å²) in [4.78, 5) is 26.6. The molecule has 2 amide bonds. The van der Waals surface area contributed by atoms with Crippen molar-refractivity contribution in [3.63, 3.8) is 0 Å². The van der Waals surface area contributed by atoms with E-state index in [9.17, 15) is 9.59 Å². The number of carbonyl (C=O) groups excluding carboxylic acids is 2. The first-order valence-electron chi connectivity index (χ1n) is 9.52. The molecule has 6 nitrogen and oxygen atoms in total. The van der Waals surface area contributed by atoms with E-state index in [1.807, 2.05) is 55.5 Å². The van der Waals surface area contributed by atoms with Crippen LogP contribution in [0.4, 0.5) is 0 Å². The van der Waals surface area contributed by atoms with Crippen molar-refractivity contribution in [2.75, 3.05) is 14.2 Å². The second-order valence-electron chi connectivity index (χ2n) is 6.99. The minimum Gasteiger partial charge on any atom is -0.497 e. The summed E-state index contributed by atoms with van der Waals surface area (Å²) in [5, 5.41) is 3.02. The molecule has 0 bridgehead atoms. The molecule has 0 saturated heterocycles. The maximum atomic E-state index is 12.9. The van der Waals surface area contributed by atoms with Gasteiger partial charge in [0.2, 0.25) is 11.8 Å². The first-order chi connectivity index (χ1) is 13.9. The van der Waals surface area contributed by atoms with Crippen LogP contribution in [0, 0.1) is 0 Å². The fourth-order valence-corrected chi connectivity index (χ4v) is 3.64. The van der Waals surface area contributed by atoms with Crippen molar-refractivity contribution in [2.24, 2.45) is 0 Å². The quantitative estimate of drug-likeness (QED) is 0.808. The molecule has 0 fully saturated rings. The van der Waals surface area contributed by atoms with E-state index >= 15 is 0 Å². The van der Waals surface area contributed by atoms with E-state index in [1.54, 1.807) is 25.3 Å². The fraction of sp³-hybridized carbons (Fsp3) is 0.304. The number of ether oxygens (including phenoxy) is 2. The summed E-state index contributed by atoms with van der Waals surface area (Å²) >= 11 is 0. The summed E-state index contributed by atoms with van der Waals surface area (Å²) in [6, 6.07) is 12.7. The van der Waals surface area contributed by atoms with Crippen LogP contribution in [0.3, 0.4) is 0 Å². The third-order valence-corrected chi connectivity index (χ3v) is 5.13. The highest BCUT2D eigenvalue weighted by atomic mass is 16.5. The fourth-order valence-electron chi connectivity index (χ4n) is 3.64. The van der Waals surface area contributed by atoms with Gasteiger partial charge in [-0.2, -0.15) is 0 Å². The summed E-state index contributed by atoms with van der Waals surface area (Å²) in [6.07, 6.45) is 3.81. The number of amides is 2. The molecule has 0 spiro atoms. The zero-order valence-electron chi connectivity index (χ0n) is 17.1. The van der Waals surface area contributed by atoms with Crippen molar-refractivity contribution in [3.8, 4) is 11.5 Å². The Labute approximate surface area is 171 Å². The van der Waals surface area contributed by atoms with Crippen LogP contribution in [-0.2, 0) is 9.59 Å². The smallest absolute Gasteiger partial charge is 0.223 e. The number of hydrogen-bond donors (Lipinski definition) is 1. The Morgan fingerprint density at radius 1 is 1.14 bits per heavy atom. The molecular weight excluding hydrogens is 368 g/mol. The van der Waals surface area contributed by atoms with Gasteiger partial charge in [-0.15, -0.1) is 0 Å². The van der Waals surface area contributed by atoms with Crippen molar-refractivity contribution in [1.29, 1.82) is 0 Å². The van der Waals surface area contributed by atoms with Crippen molar-refractivity contribution >= 4 is 17.9 Å². The second kappa shape index (κ2) is 8.82.